The van der Waals surface area contributed by atoms with E-state index < -0.39 is 0 Å². The Labute approximate surface area is 120 Å². The van der Waals surface area contributed by atoms with E-state index in [1.165, 1.54) is 0 Å². The number of amides is 1. The number of morpholine rings is 1. The van der Waals surface area contributed by atoms with E-state index in [0.717, 1.165) is 38.5 Å². The van der Waals surface area contributed by atoms with E-state index in [0.29, 0.717) is 5.56 Å². The van der Waals surface area contributed by atoms with Crippen molar-refractivity contribution >= 4 is 11.6 Å². The van der Waals surface area contributed by atoms with Crippen molar-refractivity contribution in [2.45, 2.75) is 13.0 Å². The largest absolute Gasteiger partial charge is 0.387 e. The first kappa shape index (κ1) is 14.8. The highest BCUT2D eigenvalue weighted by Crippen LogP contribution is 2.14. The molecule has 0 saturated carbocycles. The molecule has 0 aromatic heterocycles. The van der Waals surface area contributed by atoms with E-state index >= 15 is 0 Å². The van der Waals surface area contributed by atoms with Gasteiger partial charge in [0.1, 0.15) is 0 Å². The molecular formula is C15H23N3O2. The first-order chi connectivity index (χ1) is 9.70. The van der Waals surface area contributed by atoms with Crippen LogP contribution in [0.1, 0.15) is 17.3 Å². The van der Waals surface area contributed by atoms with Crippen LogP contribution in [0.3, 0.4) is 0 Å². The zero-order valence-electron chi connectivity index (χ0n) is 12.2. The van der Waals surface area contributed by atoms with Crippen molar-refractivity contribution in [1.29, 1.82) is 0 Å². The lowest BCUT2D eigenvalue weighted by molar-refractivity contribution is 0.0342. The number of hydrogen-bond acceptors (Lipinski definition) is 4. The summed E-state index contributed by atoms with van der Waals surface area (Å²) < 4.78 is 5.32. The fourth-order valence-corrected chi connectivity index (χ4v) is 2.42. The van der Waals surface area contributed by atoms with Crippen LogP contribution in [-0.4, -0.2) is 56.7 Å². The fourth-order valence-electron chi connectivity index (χ4n) is 2.42. The van der Waals surface area contributed by atoms with Crippen LogP contribution < -0.4 is 10.6 Å². The maximum absolute atomic E-state index is 12.3. The minimum Gasteiger partial charge on any atom is -0.387 e. The monoisotopic (exact) mass is 277 g/mol. The van der Waals surface area contributed by atoms with E-state index in [-0.39, 0.29) is 11.9 Å². The third-order valence-electron chi connectivity index (χ3n) is 3.45. The van der Waals surface area contributed by atoms with Crippen LogP contribution in [0.15, 0.2) is 24.3 Å². The molecule has 0 spiro atoms. The van der Waals surface area contributed by atoms with Gasteiger partial charge in [-0.1, -0.05) is 12.1 Å². The number of para-hydroxylation sites is 1. The molecule has 1 unspecified atom stereocenters. The number of nitrogens with zero attached hydrogens (tertiary/aromatic N) is 1. The second-order valence-corrected chi connectivity index (χ2v) is 5.08. The highest BCUT2D eigenvalue weighted by molar-refractivity contribution is 5.99. The first-order valence-corrected chi connectivity index (χ1v) is 7.08. The molecule has 1 fully saturated rings. The molecule has 1 aromatic rings. The van der Waals surface area contributed by atoms with Crippen LogP contribution in [0.25, 0.3) is 0 Å². The van der Waals surface area contributed by atoms with Crippen molar-refractivity contribution in [2.24, 2.45) is 0 Å². The SMILES string of the molecule is CNc1ccccc1C(=O)NC(C)CN1CCOCC1. The molecule has 5 nitrogen and oxygen atoms in total. The fraction of sp³-hybridized carbons (Fsp3) is 0.533. The van der Waals surface area contributed by atoms with Crippen LogP contribution in [0, 0.1) is 0 Å². The van der Waals surface area contributed by atoms with E-state index in [1.54, 1.807) is 0 Å². The van der Waals surface area contributed by atoms with Gasteiger partial charge >= 0.3 is 0 Å². The van der Waals surface area contributed by atoms with Crippen molar-refractivity contribution in [3.8, 4) is 0 Å². The van der Waals surface area contributed by atoms with Gasteiger partial charge in [0.15, 0.2) is 0 Å². The molecule has 2 rings (SSSR count). The Hall–Kier alpha value is -1.59. The molecule has 20 heavy (non-hydrogen) atoms. The number of hydrogen-bond donors (Lipinski definition) is 2. The van der Waals surface area contributed by atoms with Gasteiger partial charge in [0.25, 0.3) is 5.91 Å². The highest BCUT2D eigenvalue weighted by atomic mass is 16.5. The summed E-state index contributed by atoms with van der Waals surface area (Å²) in [4.78, 5) is 14.6. The van der Waals surface area contributed by atoms with Crippen molar-refractivity contribution in [1.82, 2.24) is 10.2 Å². The summed E-state index contributed by atoms with van der Waals surface area (Å²) in [5.41, 5.74) is 1.53. The van der Waals surface area contributed by atoms with Gasteiger partial charge in [0.05, 0.1) is 18.8 Å². The minimum atomic E-state index is -0.0318. The van der Waals surface area contributed by atoms with E-state index in [4.69, 9.17) is 4.74 Å². The molecule has 5 heteroatoms. The van der Waals surface area contributed by atoms with Gasteiger partial charge in [-0.25, -0.2) is 0 Å². The van der Waals surface area contributed by atoms with Crippen LogP contribution in [0.4, 0.5) is 5.69 Å². The summed E-state index contributed by atoms with van der Waals surface area (Å²) in [6.07, 6.45) is 0. The summed E-state index contributed by atoms with van der Waals surface area (Å²) in [5, 5.41) is 6.10. The number of nitrogens with one attached hydrogen (secondary N) is 2. The van der Waals surface area contributed by atoms with Crippen LogP contribution in [0.2, 0.25) is 0 Å². The first-order valence-electron chi connectivity index (χ1n) is 7.08. The molecule has 1 atom stereocenters. The summed E-state index contributed by atoms with van der Waals surface area (Å²) in [7, 11) is 1.82. The maximum Gasteiger partial charge on any atom is 0.253 e. The van der Waals surface area contributed by atoms with Crippen LogP contribution in [-0.2, 0) is 4.74 Å². The molecule has 0 bridgehead atoms. The average Bonchev–Trinajstić information content (AvgIpc) is 2.48. The Morgan fingerprint density at radius 2 is 2.05 bits per heavy atom. The number of ether oxygens (including phenoxy) is 1. The van der Waals surface area contributed by atoms with E-state index in [9.17, 15) is 4.79 Å². The van der Waals surface area contributed by atoms with Gasteiger partial charge in [0.2, 0.25) is 0 Å². The predicted molar refractivity (Wildman–Crippen MR) is 80.2 cm³/mol. The van der Waals surface area contributed by atoms with Crippen LogP contribution >= 0.6 is 0 Å². The molecule has 1 heterocycles. The molecule has 1 aliphatic rings. The Balaban J connectivity index is 1.89. The number of carbonyl (C=O) groups excluding carboxylic acids is 1. The molecule has 1 saturated heterocycles. The van der Waals surface area contributed by atoms with Gasteiger partial charge in [-0.05, 0) is 19.1 Å². The van der Waals surface area contributed by atoms with E-state index in [2.05, 4.69) is 15.5 Å². The average molecular weight is 277 g/mol. The quantitative estimate of drug-likeness (QED) is 0.848. The van der Waals surface area contributed by atoms with Gasteiger partial charge in [-0.3, -0.25) is 9.69 Å². The molecule has 0 radical (unpaired) electrons. The summed E-state index contributed by atoms with van der Waals surface area (Å²) in [6, 6.07) is 7.65. The molecule has 1 amide bonds. The molecule has 2 N–H and O–H groups in total. The van der Waals surface area contributed by atoms with Crippen molar-refractivity contribution in [3.63, 3.8) is 0 Å². The predicted octanol–water partition coefficient (Wildman–Crippen LogP) is 1.18. The smallest absolute Gasteiger partial charge is 0.253 e. The second-order valence-electron chi connectivity index (χ2n) is 5.08. The Bertz CT molecular complexity index is 444. The number of anilines is 1. The van der Waals surface area contributed by atoms with Crippen molar-refractivity contribution in [3.05, 3.63) is 29.8 Å². The Morgan fingerprint density at radius 3 is 2.75 bits per heavy atom. The Morgan fingerprint density at radius 1 is 1.35 bits per heavy atom. The van der Waals surface area contributed by atoms with Gasteiger partial charge in [-0.2, -0.15) is 0 Å². The molecule has 0 aliphatic carbocycles. The zero-order valence-corrected chi connectivity index (χ0v) is 12.2. The third-order valence-corrected chi connectivity index (χ3v) is 3.45. The number of rotatable bonds is 5. The normalized spacial score (nSPS) is 17.5. The number of carbonyl (C=O) groups is 1. The van der Waals surface area contributed by atoms with Gasteiger partial charge < -0.3 is 15.4 Å². The standard InChI is InChI=1S/C15H23N3O2/c1-12(11-18-7-9-20-10-8-18)17-15(19)13-5-3-4-6-14(13)16-2/h3-6,12,16H,7-11H2,1-2H3,(H,17,19). The summed E-state index contributed by atoms with van der Waals surface area (Å²) in [5.74, 6) is -0.0318. The van der Waals surface area contributed by atoms with Gasteiger partial charge in [0, 0.05) is 38.4 Å². The number of benzene rings is 1. The molecular weight excluding hydrogens is 254 g/mol. The second kappa shape index (κ2) is 7.26. The summed E-state index contributed by atoms with van der Waals surface area (Å²) in [6.45, 7) is 6.33. The van der Waals surface area contributed by atoms with E-state index in [1.807, 2.05) is 38.2 Å². The lowest BCUT2D eigenvalue weighted by Gasteiger charge is -2.29. The van der Waals surface area contributed by atoms with Crippen molar-refractivity contribution in [2.75, 3.05) is 45.2 Å². The molecule has 1 aliphatic heterocycles. The van der Waals surface area contributed by atoms with Crippen LogP contribution in [0.5, 0.6) is 0 Å². The molecule has 110 valence electrons. The topological polar surface area (TPSA) is 53.6 Å². The lowest BCUT2D eigenvalue weighted by atomic mass is 10.1. The molecule has 1 aromatic carbocycles. The lowest BCUT2D eigenvalue weighted by Crippen LogP contribution is -2.46. The summed E-state index contributed by atoms with van der Waals surface area (Å²) >= 11 is 0. The maximum atomic E-state index is 12.3. The Kier molecular flexibility index (Phi) is 5.38. The third kappa shape index (κ3) is 3.95. The van der Waals surface area contributed by atoms with Gasteiger partial charge in [-0.15, -0.1) is 0 Å². The highest BCUT2D eigenvalue weighted by Gasteiger charge is 2.17. The van der Waals surface area contributed by atoms with Crippen molar-refractivity contribution < 1.29 is 9.53 Å². The minimum absolute atomic E-state index is 0.0318. The zero-order chi connectivity index (χ0) is 14.4.